The van der Waals surface area contributed by atoms with E-state index in [9.17, 15) is 28.8 Å². The van der Waals surface area contributed by atoms with Crippen LogP contribution in [0.15, 0.2) is 67.0 Å². The number of pyridine rings is 2. The van der Waals surface area contributed by atoms with Crippen LogP contribution in [0.4, 0.5) is 32.6 Å². The highest BCUT2D eigenvalue weighted by atomic mass is 16.6. The monoisotopic (exact) mass is 1130 g/mol. The van der Waals surface area contributed by atoms with Crippen molar-refractivity contribution in [3.05, 3.63) is 112 Å². The molecule has 6 N–H and O–H groups in total. The molecule has 19 heteroatoms. The molecule has 5 amide bonds. The number of rotatable bonds is 8. The van der Waals surface area contributed by atoms with E-state index in [0.717, 1.165) is 93.7 Å². The Hall–Kier alpha value is -7.38. The van der Waals surface area contributed by atoms with Crippen LogP contribution in [-0.4, -0.2) is 117 Å². The fourth-order valence-electron chi connectivity index (χ4n) is 10.5. The van der Waals surface area contributed by atoms with Crippen LogP contribution in [0.25, 0.3) is 5.70 Å². The number of amides is 5. The molecule has 2 aromatic carbocycles. The first-order chi connectivity index (χ1) is 38.3. The fraction of sp³-hybridized carbons (Fsp3) is 0.524. The van der Waals surface area contributed by atoms with Gasteiger partial charge in [-0.05, 0) is 189 Å². The molecule has 19 nitrogen and oxygen atoms in total. The summed E-state index contributed by atoms with van der Waals surface area (Å²) in [6, 6.07) is 16.8. The molecule has 0 bridgehead atoms. The van der Waals surface area contributed by atoms with Crippen molar-refractivity contribution in [3.63, 3.8) is 0 Å². The molecule has 2 aromatic heterocycles. The second-order valence-electron chi connectivity index (χ2n) is 24.8. The number of carboxylic acid groups (broad SMARTS) is 1. The third-order valence-electron chi connectivity index (χ3n) is 15.0. The number of ether oxygens (including phenoxy) is 2. The van der Waals surface area contributed by atoms with Crippen molar-refractivity contribution < 1.29 is 43.3 Å². The quantitative estimate of drug-likeness (QED) is 0.0901. The average molecular weight is 1130 g/mol. The van der Waals surface area contributed by atoms with E-state index in [2.05, 4.69) is 117 Å². The summed E-state index contributed by atoms with van der Waals surface area (Å²) in [4.78, 5) is 87.7. The van der Waals surface area contributed by atoms with Crippen LogP contribution in [0, 0.1) is 11.8 Å². The van der Waals surface area contributed by atoms with Gasteiger partial charge in [0, 0.05) is 56.1 Å². The number of aromatic nitrogens is 2. The molecule has 3 fully saturated rings. The molecular weight excluding hydrogens is 1040 g/mol. The third kappa shape index (κ3) is 17.6. The van der Waals surface area contributed by atoms with E-state index in [1.54, 1.807) is 58.6 Å². The molecule has 6 heterocycles. The van der Waals surface area contributed by atoms with Gasteiger partial charge in [0.15, 0.2) is 0 Å². The number of hydrogen-bond acceptors (Lipinski definition) is 13. The molecule has 6 aliphatic rings. The molecule has 1 saturated heterocycles. The van der Waals surface area contributed by atoms with Gasteiger partial charge >= 0.3 is 35.9 Å². The van der Waals surface area contributed by atoms with Gasteiger partial charge in [-0.25, -0.2) is 24.4 Å². The van der Waals surface area contributed by atoms with Crippen molar-refractivity contribution in [2.45, 2.75) is 163 Å². The molecule has 2 aliphatic carbocycles. The maximum atomic E-state index is 13.6. The van der Waals surface area contributed by atoms with Gasteiger partial charge < -0.3 is 45.2 Å². The molecular formula is C63H86N10O9. The number of carbonyl (C=O) groups excluding carboxylic acids is 5. The molecule has 10 rings (SSSR count). The lowest BCUT2D eigenvalue weighted by molar-refractivity contribution is -0.147. The number of benzene rings is 2. The molecule has 0 unspecified atom stereocenters. The number of carbonyl (C=O) groups is 6. The molecule has 82 heavy (non-hydrogen) atoms. The maximum Gasteiger partial charge on any atom is 0.413 e. The summed E-state index contributed by atoms with van der Waals surface area (Å²) in [7, 11) is 4.33. The van der Waals surface area contributed by atoms with Crippen molar-refractivity contribution in [1.29, 1.82) is 0 Å². The van der Waals surface area contributed by atoms with Crippen molar-refractivity contribution in [1.82, 2.24) is 30.0 Å². The number of anilines is 4. The number of fused-ring (bicyclic) bond motifs is 2. The summed E-state index contributed by atoms with van der Waals surface area (Å²) in [5.74, 6) is -1.57. The minimum atomic E-state index is -1.58. The summed E-state index contributed by atoms with van der Waals surface area (Å²) in [5, 5.41) is 22.5. The van der Waals surface area contributed by atoms with Crippen LogP contribution in [0.5, 0.6) is 0 Å². The lowest BCUT2D eigenvalue weighted by Crippen LogP contribution is -2.46. The Morgan fingerprint density at radius 2 is 1.15 bits per heavy atom. The minimum Gasteiger partial charge on any atom is -0.474 e. The topological polar surface area (TPSA) is 237 Å². The number of nitrogens with one attached hydrogen (secondary N) is 5. The Balaban J connectivity index is 0.000000194. The van der Waals surface area contributed by atoms with Gasteiger partial charge in [-0.1, -0.05) is 57.7 Å². The SMILES string of the molecule is C.CC(C)(C)OC(=O)Nc1ncc(NC(=O)C(=O)O)cc1C1CC1.C[C@H]1CC=C(c2ccc3c(c2)CCN(C)C3)NC1.C[C@H]1CC[C@H](c2ccc3c(c2)CCN(C)C3)N(C(=O)C(=O)Nc2cnc(NC(=O)OC(C)(C)C)c(C3CC3)c2)C1. The van der Waals surface area contributed by atoms with Crippen LogP contribution in [0.2, 0.25) is 0 Å². The first-order valence-electron chi connectivity index (χ1n) is 28.6. The predicted octanol–water partition coefficient (Wildman–Crippen LogP) is 10.8. The molecule has 0 spiro atoms. The van der Waals surface area contributed by atoms with Gasteiger partial charge in [0.05, 0.1) is 29.8 Å². The second-order valence-corrected chi connectivity index (χ2v) is 24.8. The van der Waals surface area contributed by atoms with Crippen LogP contribution < -0.4 is 26.6 Å². The van der Waals surface area contributed by atoms with Crippen molar-refractivity contribution in [2.75, 3.05) is 61.5 Å². The average Bonchev–Trinajstić information content (AvgIpc) is 4.50. The summed E-state index contributed by atoms with van der Waals surface area (Å²) < 4.78 is 10.6. The van der Waals surface area contributed by atoms with E-state index in [1.807, 2.05) is 0 Å². The number of likely N-dealkylation sites (tertiary alicyclic amines) is 1. The number of allylic oxidation sites excluding steroid dienone is 1. The highest BCUT2D eigenvalue weighted by molar-refractivity contribution is 6.39. The van der Waals surface area contributed by atoms with Crippen molar-refractivity contribution in [2.24, 2.45) is 11.8 Å². The van der Waals surface area contributed by atoms with E-state index < -0.39 is 47.1 Å². The van der Waals surface area contributed by atoms with Crippen LogP contribution >= 0.6 is 0 Å². The lowest BCUT2D eigenvalue weighted by Gasteiger charge is -2.39. The first kappa shape index (κ1) is 62.2. The molecule has 2 saturated carbocycles. The zero-order valence-corrected chi connectivity index (χ0v) is 48.8. The Morgan fingerprint density at radius 3 is 1.63 bits per heavy atom. The lowest BCUT2D eigenvalue weighted by atomic mass is 9.87. The Bertz CT molecular complexity index is 3030. The molecule has 0 radical (unpaired) electrons. The normalized spacial score (nSPS) is 19.7. The Kier molecular flexibility index (Phi) is 20.2. The molecule has 3 atom stereocenters. The first-order valence-corrected chi connectivity index (χ1v) is 28.6. The summed E-state index contributed by atoms with van der Waals surface area (Å²) in [6.45, 7) is 21.0. The molecule has 4 aromatic rings. The summed E-state index contributed by atoms with van der Waals surface area (Å²) in [6.07, 6.45) is 13.0. The van der Waals surface area contributed by atoms with Gasteiger partial charge in [-0.3, -0.25) is 25.0 Å². The predicted molar refractivity (Wildman–Crippen MR) is 319 cm³/mol. The smallest absolute Gasteiger partial charge is 0.413 e. The maximum absolute atomic E-state index is 13.6. The number of carboxylic acids is 1. The van der Waals surface area contributed by atoms with Gasteiger partial charge in [-0.15, -0.1) is 0 Å². The Morgan fingerprint density at radius 1 is 0.634 bits per heavy atom. The van der Waals surface area contributed by atoms with Gasteiger partial charge in [0.25, 0.3) is 0 Å². The third-order valence-corrected chi connectivity index (χ3v) is 15.0. The van der Waals surface area contributed by atoms with Gasteiger partial charge in [-0.2, -0.15) is 0 Å². The summed E-state index contributed by atoms with van der Waals surface area (Å²) >= 11 is 0. The van der Waals surface area contributed by atoms with Gasteiger partial charge in [0.1, 0.15) is 22.8 Å². The second kappa shape index (κ2) is 26.7. The molecule has 442 valence electrons. The number of piperidine rings is 1. The number of likely N-dealkylation sites (N-methyl/N-ethyl adjacent to an activating group) is 2. The fourth-order valence-corrected chi connectivity index (χ4v) is 10.5. The zero-order chi connectivity index (χ0) is 58.3. The largest absolute Gasteiger partial charge is 0.474 e. The van der Waals surface area contributed by atoms with E-state index in [1.165, 1.54) is 65.3 Å². The zero-order valence-electron chi connectivity index (χ0n) is 48.8. The van der Waals surface area contributed by atoms with Gasteiger partial charge in [0.2, 0.25) is 0 Å². The van der Waals surface area contributed by atoms with Crippen LogP contribution in [0.1, 0.15) is 170 Å². The highest BCUT2D eigenvalue weighted by Crippen LogP contribution is 2.45. The number of aliphatic carboxylic acids is 1. The van der Waals surface area contributed by atoms with Crippen molar-refractivity contribution >= 4 is 64.6 Å². The van der Waals surface area contributed by atoms with E-state index in [-0.39, 0.29) is 31.0 Å². The highest BCUT2D eigenvalue weighted by Gasteiger charge is 2.36. The van der Waals surface area contributed by atoms with Crippen molar-refractivity contribution in [3.8, 4) is 0 Å². The number of nitrogens with zero attached hydrogens (tertiary/aromatic N) is 5. The molecule has 4 aliphatic heterocycles. The minimum absolute atomic E-state index is 0. The van der Waals surface area contributed by atoms with Crippen LogP contribution in [0.3, 0.4) is 0 Å². The van der Waals surface area contributed by atoms with E-state index in [0.29, 0.717) is 29.8 Å². The standard InChI is InChI=1S/C31H41N5O4.C16H22N2.C15H19N3O5.CH4/c1-19-6-11-26(22-9-10-23-18-35(5)13-12-21(23)14-22)36(17-19)29(38)28(37)33-24-15-25(20-7-8-20)27(32-16-24)34-30(39)40-31(2,3)4;1-12-3-6-16(17-10-12)14-4-5-15-11-18(2)8-7-13(15)9-14;1-15(2,3)23-14(22)18-11-10(8-4-5-8)6-9(7-16-11)17-12(19)13(20)21;/h9-10,14-16,19-20,26H,6-8,11-13,17-18H2,1-5H3,(H,33,37)(H,32,34,39);4-6,9,12,17H,3,7-8,10-11H2,1-2H3;6-8H,4-5H2,1-3H3,(H,17,19)(H,20,21)(H,16,18,22);1H4/t19-,26+;12-;;/m00../s1. The number of hydrogen-bond donors (Lipinski definition) is 6. The van der Waals surface area contributed by atoms with Crippen LogP contribution in [-0.2, 0) is 54.6 Å². The van der Waals surface area contributed by atoms with E-state index >= 15 is 0 Å². The van der Waals surface area contributed by atoms with E-state index in [4.69, 9.17) is 14.6 Å². The summed E-state index contributed by atoms with van der Waals surface area (Å²) in [5.41, 5.74) is 10.5. The Labute approximate surface area is 483 Å².